The number of rotatable bonds is 7. The van der Waals surface area contributed by atoms with E-state index in [1.165, 1.54) is 0 Å². The molecular weight excluding hydrogens is 286 g/mol. The van der Waals surface area contributed by atoms with Crippen molar-refractivity contribution in [3.05, 3.63) is 59.1 Å². The second-order valence-electron chi connectivity index (χ2n) is 4.62. The van der Waals surface area contributed by atoms with Crippen LogP contribution in [-0.2, 0) is 0 Å². The summed E-state index contributed by atoms with van der Waals surface area (Å²) in [6, 6.07) is 15.4. The Kier molecular flexibility index (Phi) is 5.90. The van der Waals surface area contributed by atoms with Crippen LogP contribution in [0.2, 0.25) is 5.02 Å². The number of halogens is 1. The molecule has 0 saturated carbocycles. The first-order valence-electron chi connectivity index (χ1n) is 6.99. The van der Waals surface area contributed by atoms with Gasteiger partial charge >= 0.3 is 0 Å². The van der Waals surface area contributed by atoms with Gasteiger partial charge in [0.05, 0.1) is 13.2 Å². The lowest BCUT2D eigenvalue weighted by Crippen LogP contribution is -2.27. The highest BCUT2D eigenvalue weighted by atomic mass is 35.5. The minimum absolute atomic E-state index is 0.0603. The molecule has 21 heavy (non-hydrogen) atoms. The van der Waals surface area contributed by atoms with Crippen LogP contribution in [0.4, 0.5) is 0 Å². The van der Waals surface area contributed by atoms with E-state index in [-0.39, 0.29) is 6.04 Å². The Labute approximate surface area is 130 Å². The number of para-hydroxylation sites is 1. The monoisotopic (exact) mass is 305 g/mol. The topological polar surface area (TPSA) is 30.5 Å². The lowest BCUT2D eigenvalue weighted by Gasteiger charge is -2.21. The van der Waals surface area contributed by atoms with Gasteiger partial charge in [0.15, 0.2) is 0 Å². The number of hydrogen-bond donors (Lipinski definition) is 1. The average molecular weight is 306 g/mol. The van der Waals surface area contributed by atoms with Crippen LogP contribution < -0.4 is 14.8 Å². The normalized spacial score (nSPS) is 12.0. The highest BCUT2D eigenvalue weighted by Gasteiger charge is 2.15. The van der Waals surface area contributed by atoms with Crippen LogP contribution in [0.1, 0.15) is 18.5 Å². The molecule has 3 nitrogen and oxygen atoms in total. The van der Waals surface area contributed by atoms with E-state index in [9.17, 15) is 0 Å². The second kappa shape index (κ2) is 7.91. The molecule has 2 aromatic rings. The van der Waals surface area contributed by atoms with E-state index in [1.807, 2.05) is 48.5 Å². The predicted octanol–water partition coefficient (Wildman–Crippen LogP) is 4.08. The van der Waals surface area contributed by atoms with E-state index in [4.69, 9.17) is 21.1 Å². The largest absolute Gasteiger partial charge is 0.496 e. The molecule has 0 aliphatic rings. The third-order valence-electron chi connectivity index (χ3n) is 3.18. The van der Waals surface area contributed by atoms with Crippen LogP contribution >= 0.6 is 11.6 Å². The molecule has 0 aromatic heterocycles. The maximum Gasteiger partial charge on any atom is 0.123 e. The van der Waals surface area contributed by atoms with Crippen molar-refractivity contribution in [3.8, 4) is 11.5 Å². The van der Waals surface area contributed by atoms with Crippen molar-refractivity contribution in [3.63, 3.8) is 0 Å². The Morgan fingerprint density at radius 3 is 2.67 bits per heavy atom. The molecule has 0 spiro atoms. The average Bonchev–Trinajstić information content (AvgIpc) is 2.51. The molecule has 0 aliphatic heterocycles. The summed E-state index contributed by atoms with van der Waals surface area (Å²) >= 11 is 5.97. The zero-order chi connectivity index (χ0) is 15.1. The van der Waals surface area contributed by atoms with Crippen LogP contribution in [0.15, 0.2) is 48.5 Å². The zero-order valence-corrected chi connectivity index (χ0v) is 13.1. The second-order valence-corrected chi connectivity index (χ2v) is 5.06. The number of benzene rings is 2. The van der Waals surface area contributed by atoms with Crippen LogP contribution in [-0.4, -0.2) is 20.3 Å². The van der Waals surface area contributed by atoms with Gasteiger partial charge < -0.3 is 14.8 Å². The quantitative estimate of drug-likeness (QED) is 0.836. The van der Waals surface area contributed by atoms with Gasteiger partial charge in [-0.05, 0) is 30.8 Å². The third-order valence-corrected chi connectivity index (χ3v) is 3.41. The van der Waals surface area contributed by atoms with Crippen molar-refractivity contribution in [2.24, 2.45) is 0 Å². The molecule has 1 unspecified atom stereocenters. The summed E-state index contributed by atoms with van der Waals surface area (Å²) in [5.74, 6) is 1.62. The summed E-state index contributed by atoms with van der Waals surface area (Å²) < 4.78 is 11.3. The van der Waals surface area contributed by atoms with Gasteiger partial charge in [0.2, 0.25) is 0 Å². The molecule has 0 amide bonds. The highest BCUT2D eigenvalue weighted by Crippen LogP contribution is 2.26. The lowest BCUT2D eigenvalue weighted by atomic mass is 10.1. The SMILES string of the molecule is CCNC(COc1cccc(Cl)c1)c1ccccc1OC. The summed E-state index contributed by atoms with van der Waals surface area (Å²) in [6.07, 6.45) is 0. The molecule has 1 N–H and O–H groups in total. The smallest absolute Gasteiger partial charge is 0.123 e. The number of hydrogen-bond acceptors (Lipinski definition) is 3. The summed E-state index contributed by atoms with van der Waals surface area (Å²) in [5, 5.41) is 4.09. The molecule has 2 rings (SSSR count). The van der Waals surface area contributed by atoms with Crippen LogP contribution in [0.5, 0.6) is 11.5 Å². The van der Waals surface area contributed by atoms with Gasteiger partial charge in [0.25, 0.3) is 0 Å². The Bertz CT molecular complexity index is 574. The van der Waals surface area contributed by atoms with Crippen molar-refractivity contribution in [2.45, 2.75) is 13.0 Å². The Morgan fingerprint density at radius 1 is 1.14 bits per heavy atom. The molecule has 0 heterocycles. The molecule has 112 valence electrons. The first kappa shape index (κ1) is 15.7. The first-order chi connectivity index (χ1) is 10.2. The molecule has 1 atom stereocenters. The van der Waals surface area contributed by atoms with E-state index in [1.54, 1.807) is 7.11 Å². The van der Waals surface area contributed by atoms with E-state index in [2.05, 4.69) is 12.2 Å². The predicted molar refractivity (Wildman–Crippen MR) is 86.4 cm³/mol. The molecule has 0 fully saturated rings. The number of nitrogens with one attached hydrogen (secondary N) is 1. The minimum atomic E-state index is 0.0603. The first-order valence-corrected chi connectivity index (χ1v) is 7.37. The van der Waals surface area contributed by atoms with Crippen LogP contribution in [0, 0.1) is 0 Å². The van der Waals surface area contributed by atoms with E-state index in [0.717, 1.165) is 23.6 Å². The molecule has 0 bridgehead atoms. The Morgan fingerprint density at radius 2 is 1.95 bits per heavy atom. The van der Waals surface area contributed by atoms with Crippen molar-refractivity contribution < 1.29 is 9.47 Å². The van der Waals surface area contributed by atoms with Crippen molar-refractivity contribution in [1.82, 2.24) is 5.32 Å². The molecule has 0 saturated heterocycles. The molecular formula is C17H20ClNO2. The standard InChI is InChI=1S/C17H20ClNO2/c1-3-19-16(15-9-4-5-10-17(15)20-2)12-21-14-8-6-7-13(18)11-14/h4-11,16,19H,3,12H2,1-2H3. The fourth-order valence-electron chi connectivity index (χ4n) is 2.20. The zero-order valence-electron chi connectivity index (χ0n) is 12.3. The van der Waals surface area contributed by atoms with Gasteiger partial charge in [-0.15, -0.1) is 0 Å². The van der Waals surface area contributed by atoms with E-state index < -0.39 is 0 Å². The highest BCUT2D eigenvalue weighted by molar-refractivity contribution is 6.30. The lowest BCUT2D eigenvalue weighted by molar-refractivity contribution is 0.264. The molecule has 4 heteroatoms. The fourth-order valence-corrected chi connectivity index (χ4v) is 2.38. The minimum Gasteiger partial charge on any atom is -0.496 e. The fraction of sp³-hybridized carbons (Fsp3) is 0.294. The van der Waals surface area contributed by atoms with Gasteiger partial charge in [0.1, 0.15) is 18.1 Å². The maximum atomic E-state index is 5.97. The van der Waals surface area contributed by atoms with Crippen LogP contribution in [0.25, 0.3) is 0 Å². The van der Waals surface area contributed by atoms with Gasteiger partial charge in [-0.25, -0.2) is 0 Å². The van der Waals surface area contributed by atoms with Crippen molar-refractivity contribution in [2.75, 3.05) is 20.3 Å². The number of methoxy groups -OCH3 is 1. The van der Waals surface area contributed by atoms with Crippen molar-refractivity contribution in [1.29, 1.82) is 0 Å². The van der Waals surface area contributed by atoms with Gasteiger partial charge in [-0.2, -0.15) is 0 Å². The maximum absolute atomic E-state index is 5.97. The Hall–Kier alpha value is -1.71. The molecule has 0 aliphatic carbocycles. The van der Waals surface area contributed by atoms with Crippen molar-refractivity contribution >= 4 is 11.6 Å². The molecule has 2 aromatic carbocycles. The number of ether oxygens (including phenoxy) is 2. The summed E-state index contributed by atoms with van der Waals surface area (Å²) in [4.78, 5) is 0. The van der Waals surface area contributed by atoms with Crippen LogP contribution in [0.3, 0.4) is 0 Å². The third kappa shape index (κ3) is 4.38. The summed E-state index contributed by atoms with van der Waals surface area (Å²) in [5.41, 5.74) is 1.09. The number of likely N-dealkylation sites (N-methyl/N-ethyl adjacent to an activating group) is 1. The van der Waals surface area contributed by atoms with E-state index in [0.29, 0.717) is 11.6 Å². The molecule has 0 radical (unpaired) electrons. The van der Waals surface area contributed by atoms with Gasteiger partial charge in [0, 0.05) is 10.6 Å². The van der Waals surface area contributed by atoms with Gasteiger partial charge in [-0.1, -0.05) is 42.8 Å². The summed E-state index contributed by atoms with van der Waals surface area (Å²) in [6.45, 7) is 3.43. The van der Waals surface area contributed by atoms with E-state index >= 15 is 0 Å². The Balaban J connectivity index is 2.12. The van der Waals surface area contributed by atoms with Gasteiger partial charge in [-0.3, -0.25) is 0 Å². The summed E-state index contributed by atoms with van der Waals surface area (Å²) in [7, 11) is 1.68.